The van der Waals surface area contributed by atoms with Crippen LogP contribution in [0.3, 0.4) is 0 Å². The molecule has 170 valence electrons. The van der Waals surface area contributed by atoms with E-state index in [4.69, 9.17) is 10.5 Å². The smallest absolute Gasteiger partial charge is 0.254 e. The van der Waals surface area contributed by atoms with E-state index in [0.717, 1.165) is 31.8 Å². The third kappa shape index (κ3) is 4.15. The normalized spacial score (nSPS) is 15.3. The first-order chi connectivity index (χ1) is 15.9. The highest BCUT2D eigenvalue weighted by molar-refractivity contribution is 9.10. The maximum absolute atomic E-state index is 13.4. The van der Waals surface area contributed by atoms with E-state index in [1.807, 2.05) is 24.3 Å². The van der Waals surface area contributed by atoms with E-state index in [1.54, 1.807) is 23.1 Å². The standard InChI is InChI=1S/C25H23BrFN3O3/c26-17-12-20(24(28)31)23-19-11-16(25(32)29-7-9-33-10-8-29)3-6-21(19)30(22(23)13-17)14-15-1-4-18(27)5-2-15/h1-6,11-13,24,31H,7-10,14,28H2. The fourth-order valence-corrected chi connectivity index (χ4v) is 4.94. The van der Waals surface area contributed by atoms with Gasteiger partial charge in [0.15, 0.2) is 0 Å². The number of rotatable bonds is 4. The zero-order valence-electron chi connectivity index (χ0n) is 17.8. The van der Waals surface area contributed by atoms with E-state index in [-0.39, 0.29) is 11.7 Å². The summed E-state index contributed by atoms with van der Waals surface area (Å²) < 4.78 is 21.7. The molecule has 0 spiro atoms. The number of fused-ring (bicyclic) bond motifs is 3. The molecular formula is C25H23BrFN3O3. The number of nitrogens with two attached hydrogens (primary N) is 1. The number of amides is 1. The molecule has 1 aromatic heterocycles. The Bertz CT molecular complexity index is 1350. The Morgan fingerprint density at radius 1 is 1.09 bits per heavy atom. The van der Waals surface area contributed by atoms with E-state index < -0.39 is 6.23 Å². The summed E-state index contributed by atoms with van der Waals surface area (Å²) >= 11 is 3.53. The Morgan fingerprint density at radius 2 is 1.82 bits per heavy atom. The van der Waals surface area contributed by atoms with Crippen LogP contribution in [0.1, 0.15) is 27.7 Å². The number of aromatic nitrogens is 1. The summed E-state index contributed by atoms with van der Waals surface area (Å²) in [6, 6.07) is 15.8. The summed E-state index contributed by atoms with van der Waals surface area (Å²) in [6.07, 6.45) is -1.19. The van der Waals surface area contributed by atoms with E-state index in [1.165, 1.54) is 12.1 Å². The number of nitrogens with zero attached hydrogens (tertiary/aromatic N) is 2. The predicted octanol–water partition coefficient (Wildman–Crippen LogP) is 4.17. The molecule has 1 aliphatic heterocycles. The molecule has 1 fully saturated rings. The summed E-state index contributed by atoms with van der Waals surface area (Å²) in [5.41, 5.74) is 9.76. The van der Waals surface area contributed by atoms with E-state index in [0.29, 0.717) is 44.0 Å². The Hall–Kier alpha value is -2.78. The van der Waals surface area contributed by atoms with Crippen LogP contribution in [-0.2, 0) is 11.3 Å². The van der Waals surface area contributed by atoms with Crippen LogP contribution < -0.4 is 5.73 Å². The van der Waals surface area contributed by atoms with Gasteiger partial charge in [-0.15, -0.1) is 0 Å². The van der Waals surface area contributed by atoms with Gasteiger partial charge in [-0.25, -0.2) is 4.39 Å². The van der Waals surface area contributed by atoms with Gasteiger partial charge in [-0.05, 0) is 48.0 Å². The number of halogens is 2. The molecule has 3 N–H and O–H groups in total. The third-order valence-corrected chi connectivity index (χ3v) is 6.54. The van der Waals surface area contributed by atoms with Crippen molar-refractivity contribution in [3.8, 4) is 0 Å². The molecule has 5 rings (SSSR count). The van der Waals surface area contributed by atoms with Gasteiger partial charge in [0, 0.05) is 51.5 Å². The number of morpholine rings is 1. The number of hydrogen-bond donors (Lipinski definition) is 2. The van der Waals surface area contributed by atoms with Crippen molar-refractivity contribution < 1.29 is 19.0 Å². The summed E-state index contributed by atoms with van der Waals surface area (Å²) in [6.45, 7) is 2.67. The number of benzene rings is 3. The lowest BCUT2D eigenvalue weighted by atomic mass is 10.0. The topological polar surface area (TPSA) is 80.7 Å². The number of aliphatic hydroxyl groups excluding tert-OH is 1. The van der Waals surface area contributed by atoms with Crippen molar-refractivity contribution in [2.45, 2.75) is 12.8 Å². The van der Waals surface area contributed by atoms with E-state index >= 15 is 0 Å². The van der Waals surface area contributed by atoms with Gasteiger partial charge in [0.1, 0.15) is 12.0 Å². The molecule has 1 aliphatic rings. The van der Waals surface area contributed by atoms with Crippen LogP contribution in [0.2, 0.25) is 0 Å². The lowest BCUT2D eigenvalue weighted by Crippen LogP contribution is -2.40. The summed E-state index contributed by atoms with van der Waals surface area (Å²) in [4.78, 5) is 14.9. The number of ether oxygens (including phenoxy) is 1. The van der Waals surface area contributed by atoms with Crippen molar-refractivity contribution in [3.05, 3.63) is 81.6 Å². The lowest BCUT2D eigenvalue weighted by Gasteiger charge is -2.26. The molecule has 0 radical (unpaired) electrons. The monoisotopic (exact) mass is 511 g/mol. The van der Waals surface area contributed by atoms with Crippen LogP contribution in [0.25, 0.3) is 21.8 Å². The molecule has 6 nitrogen and oxygen atoms in total. The molecule has 0 bridgehead atoms. The first-order valence-corrected chi connectivity index (χ1v) is 11.5. The Balaban J connectivity index is 1.71. The maximum Gasteiger partial charge on any atom is 0.254 e. The predicted molar refractivity (Wildman–Crippen MR) is 129 cm³/mol. The molecule has 1 unspecified atom stereocenters. The van der Waals surface area contributed by atoms with Crippen molar-refractivity contribution in [2.24, 2.45) is 5.73 Å². The second kappa shape index (κ2) is 8.87. The van der Waals surface area contributed by atoms with Gasteiger partial charge in [0.25, 0.3) is 5.91 Å². The van der Waals surface area contributed by atoms with Gasteiger partial charge in [0.2, 0.25) is 0 Å². The molecule has 0 saturated carbocycles. The van der Waals surface area contributed by atoms with Crippen molar-refractivity contribution in [2.75, 3.05) is 26.3 Å². The molecule has 0 aliphatic carbocycles. The van der Waals surface area contributed by atoms with E-state index in [9.17, 15) is 14.3 Å². The average molecular weight is 512 g/mol. The van der Waals surface area contributed by atoms with Crippen LogP contribution in [0.4, 0.5) is 4.39 Å². The number of carbonyl (C=O) groups excluding carboxylic acids is 1. The van der Waals surface area contributed by atoms with Gasteiger partial charge >= 0.3 is 0 Å². The van der Waals surface area contributed by atoms with Gasteiger partial charge in [-0.2, -0.15) is 0 Å². The third-order valence-electron chi connectivity index (χ3n) is 6.08. The first-order valence-electron chi connectivity index (χ1n) is 10.7. The van der Waals surface area contributed by atoms with Crippen LogP contribution in [0, 0.1) is 5.82 Å². The van der Waals surface area contributed by atoms with Crippen molar-refractivity contribution in [1.29, 1.82) is 0 Å². The first kappa shape index (κ1) is 22.0. The quantitative estimate of drug-likeness (QED) is 0.403. The van der Waals surface area contributed by atoms with Gasteiger partial charge < -0.3 is 25.0 Å². The highest BCUT2D eigenvalue weighted by Gasteiger charge is 2.22. The largest absolute Gasteiger partial charge is 0.378 e. The molecule has 8 heteroatoms. The summed E-state index contributed by atoms with van der Waals surface area (Å²) in [5.74, 6) is -0.338. The molecular weight excluding hydrogens is 489 g/mol. The maximum atomic E-state index is 13.4. The molecule has 1 saturated heterocycles. The molecule has 3 aromatic carbocycles. The molecule has 33 heavy (non-hydrogen) atoms. The minimum absolute atomic E-state index is 0.0495. The van der Waals surface area contributed by atoms with Crippen LogP contribution in [-0.4, -0.2) is 46.8 Å². The fraction of sp³-hybridized carbons (Fsp3) is 0.240. The van der Waals surface area contributed by atoms with Crippen LogP contribution in [0.15, 0.2) is 59.1 Å². The second-order valence-electron chi connectivity index (χ2n) is 8.18. The van der Waals surface area contributed by atoms with Crippen molar-refractivity contribution in [3.63, 3.8) is 0 Å². The van der Waals surface area contributed by atoms with E-state index in [2.05, 4.69) is 20.5 Å². The minimum atomic E-state index is -1.19. The number of carbonyl (C=O) groups is 1. The van der Waals surface area contributed by atoms with Crippen LogP contribution >= 0.6 is 15.9 Å². The fourth-order valence-electron chi connectivity index (χ4n) is 4.48. The van der Waals surface area contributed by atoms with Gasteiger partial charge in [0.05, 0.1) is 18.7 Å². The highest BCUT2D eigenvalue weighted by atomic mass is 79.9. The Labute approximate surface area is 198 Å². The summed E-state index contributed by atoms with van der Waals surface area (Å²) in [5, 5.41) is 12.0. The Morgan fingerprint density at radius 3 is 2.52 bits per heavy atom. The minimum Gasteiger partial charge on any atom is -0.378 e. The zero-order valence-corrected chi connectivity index (χ0v) is 19.4. The highest BCUT2D eigenvalue weighted by Crippen LogP contribution is 2.37. The van der Waals surface area contributed by atoms with Gasteiger partial charge in [-0.3, -0.25) is 4.79 Å². The van der Waals surface area contributed by atoms with Crippen molar-refractivity contribution in [1.82, 2.24) is 9.47 Å². The zero-order chi connectivity index (χ0) is 23.1. The Kier molecular flexibility index (Phi) is 5.92. The molecule has 1 amide bonds. The summed E-state index contributed by atoms with van der Waals surface area (Å²) in [7, 11) is 0. The molecule has 4 aromatic rings. The van der Waals surface area contributed by atoms with Crippen LogP contribution in [0.5, 0.6) is 0 Å². The lowest BCUT2D eigenvalue weighted by molar-refractivity contribution is 0.0303. The average Bonchev–Trinajstić information content (AvgIpc) is 3.12. The molecule has 2 heterocycles. The SMILES string of the molecule is NC(O)c1cc(Br)cc2c1c1cc(C(=O)N3CCOCC3)ccc1n2Cc1ccc(F)cc1. The second-order valence-corrected chi connectivity index (χ2v) is 9.10. The molecule has 1 atom stereocenters. The van der Waals surface area contributed by atoms with Crippen molar-refractivity contribution >= 4 is 43.6 Å². The number of hydrogen-bond acceptors (Lipinski definition) is 4. The van der Waals surface area contributed by atoms with Gasteiger partial charge in [-0.1, -0.05) is 28.1 Å². The number of aliphatic hydroxyl groups is 1.